The van der Waals surface area contributed by atoms with E-state index in [0.29, 0.717) is 34.0 Å². The fourth-order valence-electron chi connectivity index (χ4n) is 4.22. The fraction of sp³-hybridized carbons (Fsp3) is 0.0769. The summed E-state index contributed by atoms with van der Waals surface area (Å²) in [7, 11) is 1.94. The predicted octanol–water partition coefficient (Wildman–Crippen LogP) is 4.89. The van der Waals surface area contributed by atoms with Gasteiger partial charge < -0.3 is 24.7 Å². The van der Waals surface area contributed by atoms with E-state index in [2.05, 4.69) is 15.6 Å². The van der Waals surface area contributed by atoms with Crippen molar-refractivity contribution < 1.29 is 18.7 Å². The van der Waals surface area contributed by atoms with E-state index in [-0.39, 0.29) is 12.7 Å². The Labute approximate surface area is 194 Å². The number of hydrogen-bond acceptors (Lipinski definition) is 5. The van der Waals surface area contributed by atoms with Crippen LogP contribution >= 0.6 is 0 Å². The van der Waals surface area contributed by atoms with Crippen molar-refractivity contribution in [2.45, 2.75) is 0 Å². The molecule has 2 aliphatic heterocycles. The number of amides is 1. The Kier molecular flexibility index (Phi) is 4.58. The molecule has 1 aromatic heterocycles. The van der Waals surface area contributed by atoms with Gasteiger partial charge in [-0.15, -0.1) is 0 Å². The fourth-order valence-corrected chi connectivity index (χ4v) is 4.22. The second kappa shape index (κ2) is 7.77. The topological polar surface area (TPSA) is 77.4 Å². The zero-order valence-corrected chi connectivity index (χ0v) is 18.1. The van der Waals surface area contributed by atoms with Crippen LogP contribution in [0.1, 0.15) is 11.1 Å². The number of anilines is 2. The van der Waals surface area contributed by atoms with E-state index in [1.54, 1.807) is 12.3 Å². The second-order valence-corrected chi connectivity index (χ2v) is 8.03. The summed E-state index contributed by atoms with van der Waals surface area (Å²) in [6, 6.07) is 17.5. The molecule has 0 atom stereocenters. The van der Waals surface area contributed by atoms with Gasteiger partial charge in [-0.05, 0) is 60.7 Å². The summed E-state index contributed by atoms with van der Waals surface area (Å²) in [5, 5.41) is 6.17. The summed E-state index contributed by atoms with van der Waals surface area (Å²) in [4.78, 5) is 17.4. The maximum absolute atomic E-state index is 13.8. The Morgan fingerprint density at radius 2 is 1.88 bits per heavy atom. The predicted molar refractivity (Wildman–Crippen MR) is 127 cm³/mol. The first-order valence-corrected chi connectivity index (χ1v) is 10.7. The monoisotopic (exact) mass is 454 g/mol. The van der Waals surface area contributed by atoms with Gasteiger partial charge in [-0.1, -0.05) is 0 Å². The van der Waals surface area contributed by atoms with Gasteiger partial charge in [0.05, 0.1) is 17.0 Å². The number of imidazole rings is 1. The second-order valence-electron chi connectivity index (χ2n) is 8.03. The number of nitrogens with one attached hydrogen (secondary N) is 2. The van der Waals surface area contributed by atoms with Crippen molar-refractivity contribution in [3.63, 3.8) is 0 Å². The number of carbonyl (C=O) groups is 1. The highest BCUT2D eigenvalue weighted by Gasteiger charge is 2.29. The van der Waals surface area contributed by atoms with E-state index < -0.39 is 5.82 Å². The van der Waals surface area contributed by atoms with Gasteiger partial charge in [-0.3, -0.25) is 4.79 Å². The molecule has 0 bridgehead atoms. The molecular weight excluding hydrogens is 435 g/mol. The lowest BCUT2D eigenvalue weighted by Gasteiger charge is -2.16. The van der Waals surface area contributed by atoms with Crippen molar-refractivity contribution in [2.75, 3.05) is 17.4 Å². The molecule has 0 unspecified atom stereocenters. The molecule has 0 saturated carbocycles. The zero-order chi connectivity index (χ0) is 23.2. The number of aryl methyl sites for hydroxylation is 1. The molecular formula is C26H19FN4O3. The average molecular weight is 454 g/mol. The molecule has 0 aliphatic carbocycles. The Hall–Kier alpha value is -4.59. The Morgan fingerprint density at radius 1 is 1.06 bits per heavy atom. The number of hydrogen-bond donors (Lipinski definition) is 2. The molecule has 2 N–H and O–H groups in total. The minimum atomic E-state index is -0.414. The van der Waals surface area contributed by atoms with Gasteiger partial charge in [0.25, 0.3) is 5.91 Å². The standard InChI is InChI=1S/C26H19FN4O3/c1-31-11-10-28-25(31)15-2-6-18(7-3-15)29-24(16-4-9-21-22(12-16)34-14-33-21)23-19-8-5-17(27)13-20(19)30-26(23)32/h2-13,29H,14H2,1H3,(H,30,32). The minimum Gasteiger partial charge on any atom is -0.454 e. The highest BCUT2D eigenvalue weighted by molar-refractivity contribution is 6.37. The van der Waals surface area contributed by atoms with E-state index in [9.17, 15) is 9.18 Å². The van der Waals surface area contributed by atoms with Crippen molar-refractivity contribution in [1.82, 2.24) is 9.55 Å². The molecule has 34 heavy (non-hydrogen) atoms. The number of ether oxygens (including phenoxy) is 2. The number of halogens is 1. The molecule has 8 heteroatoms. The number of fused-ring (bicyclic) bond motifs is 2. The average Bonchev–Trinajstić information content (AvgIpc) is 3.55. The lowest BCUT2D eigenvalue weighted by atomic mass is 9.99. The molecule has 0 spiro atoms. The normalized spacial score (nSPS) is 15.2. The molecule has 6 rings (SSSR count). The summed E-state index contributed by atoms with van der Waals surface area (Å²) in [5.41, 5.74) is 4.53. The lowest BCUT2D eigenvalue weighted by molar-refractivity contribution is -0.110. The third-order valence-corrected chi connectivity index (χ3v) is 5.87. The molecule has 7 nitrogen and oxygen atoms in total. The summed E-state index contributed by atoms with van der Waals surface area (Å²) in [6.07, 6.45) is 3.64. The van der Waals surface area contributed by atoms with Crippen molar-refractivity contribution in [2.24, 2.45) is 7.05 Å². The molecule has 0 saturated heterocycles. The first-order chi connectivity index (χ1) is 16.6. The van der Waals surface area contributed by atoms with Crippen molar-refractivity contribution in [3.05, 3.63) is 90.0 Å². The number of rotatable bonds is 4. The summed E-state index contributed by atoms with van der Waals surface area (Å²) in [6.45, 7) is 0.148. The van der Waals surface area contributed by atoms with Gasteiger partial charge in [0, 0.05) is 41.8 Å². The Morgan fingerprint density at radius 3 is 2.68 bits per heavy atom. The van der Waals surface area contributed by atoms with Crippen LogP contribution in [0.4, 0.5) is 15.8 Å². The minimum absolute atomic E-state index is 0.148. The number of benzene rings is 3. The highest BCUT2D eigenvalue weighted by atomic mass is 19.1. The van der Waals surface area contributed by atoms with Crippen LogP contribution in [0.2, 0.25) is 0 Å². The van der Waals surface area contributed by atoms with Crippen LogP contribution in [0.3, 0.4) is 0 Å². The van der Waals surface area contributed by atoms with E-state index in [4.69, 9.17) is 9.47 Å². The molecule has 4 aromatic rings. The Bertz CT molecular complexity index is 1470. The number of nitrogens with zero attached hydrogens (tertiary/aromatic N) is 2. The van der Waals surface area contributed by atoms with Gasteiger partial charge in [0.2, 0.25) is 6.79 Å². The van der Waals surface area contributed by atoms with Gasteiger partial charge >= 0.3 is 0 Å². The maximum atomic E-state index is 13.8. The van der Waals surface area contributed by atoms with Crippen LogP contribution in [0.5, 0.6) is 11.5 Å². The number of aromatic nitrogens is 2. The third-order valence-electron chi connectivity index (χ3n) is 5.87. The molecule has 0 fully saturated rings. The van der Waals surface area contributed by atoms with Crippen molar-refractivity contribution >= 4 is 28.6 Å². The first kappa shape index (κ1) is 20.0. The number of carbonyl (C=O) groups excluding carboxylic acids is 1. The van der Waals surface area contributed by atoms with Crippen molar-refractivity contribution in [1.29, 1.82) is 0 Å². The van der Waals surface area contributed by atoms with Crippen LogP contribution in [-0.4, -0.2) is 22.3 Å². The van der Waals surface area contributed by atoms with Gasteiger partial charge in [0.1, 0.15) is 11.6 Å². The van der Waals surface area contributed by atoms with Crippen LogP contribution in [0, 0.1) is 5.82 Å². The van der Waals surface area contributed by atoms with Crippen molar-refractivity contribution in [3.8, 4) is 22.9 Å². The third kappa shape index (κ3) is 3.36. The van der Waals surface area contributed by atoms with Crippen LogP contribution in [0.15, 0.2) is 73.1 Å². The van der Waals surface area contributed by atoms with E-state index in [1.165, 1.54) is 12.1 Å². The van der Waals surface area contributed by atoms with E-state index >= 15 is 0 Å². The molecule has 3 aromatic carbocycles. The van der Waals surface area contributed by atoms with Gasteiger partial charge in [-0.2, -0.15) is 0 Å². The zero-order valence-electron chi connectivity index (χ0n) is 18.1. The smallest absolute Gasteiger partial charge is 0.258 e. The largest absolute Gasteiger partial charge is 0.454 e. The molecule has 1 amide bonds. The van der Waals surface area contributed by atoms with Crippen LogP contribution < -0.4 is 20.1 Å². The highest BCUT2D eigenvalue weighted by Crippen LogP contribution is 2.41. The summed E-state index contributed by atoms with van der Waals surface area (Å²) < 4.78 is 26.7. The first-order valence-electron chi connectivity index (χ1n) is 10.7. The summed E-state index contributed by atoms with van der Waals surface area (Å²) >= 11 is 0. The van der Waals surface area contributed by atoms with E-state index in [1.807, 2.05) is 60.3 Å². The van der Waals surface area contributed by atoms with Crippen LogP contribution in [0.25, 0.3) is 22.7 Å². The van der Waals surface area contributed by atoms with Gasteiger partial charge in [0.15, 0.2) is 11.5 Å². The quantitative estimate of drug-likeness (QED) is 0.430. The van der Waals surface area contributed by atoms with Crippen LogP contribution in [-0.2, 0) is 11.8 Å². The summed E-state index contributed by atoms with van der Waals surface area (Å²) in [5.74, 6) is 1.37. The van der Waals surface area contributed by atoms with E-state index in [0.717, 1.165) is 22.6 Å². The van der Waals surface area contributed by atoms with Gasteiger partial charge in [-0.25, -0.2) is 9.37 Å². The molecule has 2 aliphatic rings. The molecule has 3 heterocycles. The Balaban J connectivity index is 1.46. The lowest BCUT2D eigenvalue weighted by Crippen LogP contribution is -2.10. The SMILES string of the molecule is Cn1ccnc1-c1ccc(NC(=C2C(=O)Nc3cc(F)ccc32)c2ccc3c(c2)OCO3)cc1. The molecule has 0 radical (unpaired) electrons. The molecule has 168 valence electrons. The maximum Gasteiger partial charge on any atom is 0.258 e.